The molecule has 0 fully saturated rings. The minimum absolute atomic E-state index is 0.334. The van der Waals surface area contributed by atoms with Crippen molar-refractivity contribution in [3.8, 4) is 0 Å². The predicted octanol–water partition coefficient (Wildman–Crippen LogP) is -0.445. The normalized spacial score (nSPS) is 9.86. The summed E-state index contributed by atoms with van der Waals surface area (Å²) in [6.07, 6.45) is 1.38. The summed E-state index contributed by atoms with van der Waals surface area (Å²) in [7, 11) is -4.14. The van der Waals surface area contributed by atoms with E-state index in [-0.39, 0.29) is 5.56 Å². The number of nitrogens with one attached hydrogen (secondary N) is 2. The maximum Gasteiger partial charge on any atom is 0.397 e. The van der Waals surface area contributed by atoms with Crippen LogP contribution in [0.25, 0.3) is 0 Å². The van der Waals surface area contributed by atoms with Crippen LogP contribution in [-0.4, -0.2) is 19.8 Å². The molecule has 0 unspecified atom stereocenters. The van der Waals surface area contributed by atoms with Crippen molar-refractivity contribution in [1.29, 1.82) is 0 Å². The van der Waals surface area contributed by atoms with Crippen LogP contribution in [0.4, 0.5) is 0 Å². The SMILES string of the molecule is Cc1c[nH]c(=O)[nH]c1=O.NCc1ccccc1.NP(=O)(O)O. The summed E-state index contributed by atoms with van der Waals surface area (Å²) < 4.78 is 9.10. The quantitative estimate of drug-likeness (QED) is 0.384. The highest BCUT2D eigenvalue weighted by atomic mass is 31.2. The van der Waals surface area contributed by atoms with Crippen LogP contribution in [0.1, 0.15) is 11.1 Å². The zero-order valence-corrected chi connectivity index (χ0v) is 12.8. The molecule has 1 aromatic heterocycles. The van der Waals surface area contributed by atoms with Crippen molar-refractivity contribution in [2.24, 2.45) is 11.2 Å². The van der Waals surface area contributed by atoms with Gasteiger partial charge in [0.15, 0.2) is 0 Å². The van der Waals surface area contributed by atoms with Crippen LogP contribution in [-0.2, 0) is 11.1 Å². The Morgan fingerprint density at radius 3 is 2.00 bits per heavy atom. The highest BCUT2D eigenvalue weighted by Crippen LogP contribution is 2.20. The first kappa shape index (κ1) is 20.0. The van der Waals surface area contributed by atoms with Crippen molar-refractivity contribution in [2.45, 2.75) is 13.5 Å². The lowest BCUT2D eigenvalue weighted by Crippen LogP contribution is -2.22. The van der Waals surface area contributed by atoms with Gasteiger partial charge in [-0.2, -0.15) is 0 Å². The van der Waals surface area contributed by atoms with E-state index >= 15 is 0 Å². The Bertz CT molecular complexity index is 699. The first-order chi connectivity index (χ1) is 10.1. The molecule has 2 aromatic rings. The second-order valence-corrected chi connectivity index (χ2v) is 5.21. The molecule has 0 saturated carbocycles. The van der Waals surface area contributed by atoms with Gasteiger partial charge in [0.05, 0.1) is 0 Å². The van der Waals surface area contributed by atoms with E-state index in [4.69, 9.17) is 20.1 Å². The smallest absolute Gasteiger partial charge is 0.326 e. The summed E-state index contributed by atoms with van der Waals surface area (Å²) in [5, 5.41) is 0. The molecule has 8 N–H and O–H groups in total. The van der Waals surface area contributed by atoms with Crippen molar-refractivity contribution < 1.29 is 14.4 Å². The molecule has 0 aliphatic rings. The highest BCUT2D eigenvalue weighted by molar-refractivity contribution is 7.49. The summed E-state index contributed by atoms with van der Waals surface area (Å²) in [5.41, 5.74) is 10.3. The van der Waals surface area contributed by atoms with Gasteiger partial charge in [-0.25, -0.2) is 14.9 Å². The van der Waals surface area contributed by atoms with E-state index in [2.05, 4.69) is 15.5 Å². The van der Waals surface area contributed by atoms with E-state index in [0.717, 1.165) is 0 Å². The van der Waals surface area contributed by atoms with Gasteiger partial charge in [-0.05, 0) is 12.5 Å². The fourth-order valence-corrected chi connectivity index (χ4v) is 1.09. The molecule has 22 heavy (non-hydrogen) atoms. The van der Waals surface area contributed by atoms with Crippen molar-refractivity contribution in [3.05, 3.63) is 68.5 Å². The van der Waals surface area contributed by atoms with Gasteiger partial charge in [0.1, 0.15) is 0 Å². The monoisotopic (exact) mass is 330 g/mol. The Hall–Kier alpha value is -2.03. The van der Waals surface area contributed by atoms with Gasteiger partial charge in [0, 0.05) is 18.3 Å². The number of nitrogens with two attached hydrogens (primary N) is 2. The molecule has 0 spiro atoms. The summed E-state index contributed by atoms with van der Waals surface area (Å²) in [6.45, 7) is 2.26. The number of H-pyrrole nitrogens is 2. The molecule has 9 nitrogen and oxygen atoms in total. The number of aromatic nitrogens is 2. The lowest BCUT2D eigenvalue weighted by Gasteiger charge is -1.90. The maximum atomic E-state index is 10.6. The number of hydrogen-bond donors (Lipinski definition) is 6. The van der Waals surface area contributed by atoms with Crippen LogP contribution in [0.5, 0.6) is 0 Å². The topological polar surface area (TPSA) is 175 Å². The minimum Gasteiger partial charge on any atom is -0.326 e. The molecule has 0 aliphatic carbocycles. The lowest BCUT2D eigenvalue weighted by atomic mass is 10.2. The molecule has 0 bridgehead atoms. The first-order valence-electron chi connectivity index (χ1n) is 6.00. The van der Waals surface area contributed by atoms with Gasteiger partial charge >= 0.3 is 13.4 Å². The lowest BCUT2D eigenvalue weighted by molar-refractivity contribution is 0.374. The Morgan fingerprint density at radius 1 is 1.18 bits per heavy atom. The fourth-order valence-electron chi connectivity index (χ4n) is 1.09. The fraction of sp³-hybridized carbons (Fsp3) is 0.167. The van der Waals surface area contributed by atoms with E-state index in [9.17, 15) is 9.59 Å². The third-order valence-corrected chi connectivity index (χ3v) is 2.08. The Labute approximate surface area is 126 Å². The van der Waals surface area contributed by atoms with Gasteiger partial charge in [-0.3, -0.25) is 9.78 Å². The molecule has 0 amide bonds. The van der Waals surface area contributed by atoms with Gasteiger partial charge in [-0.15, -0.1) is 0 Å². The minimum atomic E-state index is -4.14. The second-order valence-electron chi connectivity index (χ2n) is 4.03. The third kappa shape index (κ3) is 11.8. The molecule has 0 radical (unpaired) electrons. The van der Waals surface area contributed by atoms with Crippen LogP contribution < -0.4 is 22.5 Å². The highest BCUT2D eigenvalue weighted by Gasteiger charge is 1.96. The van der Waals surface area contributed by atoms with Gasteiger partial charge in [0.25, 0.3) is 5.56 Å². The van der Waals surface area contributed by atoms with Gasteiger partial charge in [0.2, 0.25) is 0 Å². The molecule has 0 aliphatic heterocycles. The zero-order chi connectivity index (χ0) is 17.2. The van der Waals surface area contributed by atoms with Crippen molar-refractivity contribution >= 4 is 7.75 Å². The van der Waals surface area contributed by atoms with Crippen molar-refractivity contribution in [3.63, 3.8) is 0 Å². The van der Waals surface area contributed by atoms with Crippen LogP contribution in [0, 0.1) is 6.92 Å². The maximum absolute atomic E-state index is 10.6. The molecule has 122 valence electrons. The molecule has 0 saturated heterocycles. The Kier molecular flexibility index (Phi) is 8.92. The average Bonchev–Trinajstić information content (AvgIpc) is 2.43. The largest absolute Gasteiger partial charge is 0.397 e. The van der Waals surface area contributed by atoms with Crippen molar-refractivity contribution in [1.82, 2.24) is 9.97 Å². The molecule has 10 heteroatoms. The van der Waals surface area contributed by atoms with E-state index in [1.54, 1.807) is 6.92 Å². The summed E-state index contributed by atoms with van der Waals surface area (Å²) in [5.74, 6) is 0. The van der Waals surface area contributed by atoms with E-state index < -0.39 is 13.4 Å². The number of hydrogen-bond acceptors (Lipinski definition) is 4. The predicted molar refractivity (Wildman–Crippen MR) is 83.0 cm³/mol. The standard InChI is InChI=1S/C7H9N.C5H6N2O2.H4NO3P/c8-6-7-4-2-1-3-5-7;1-3-2-6-5(9)7-4(3)8;1-5(2,3)4/h1-5H,6,8H2;2H,1H3,(H2,6,7,8,9);(H4,1,2,3,4). The summed E-state index contributed by atoms with van der Waals surface area (Å²) in [4.78, 5) is 40.1. The third-order valence-electron chi connectivity index (χ3n) is 2.08. The molecular weight excluding hydrogens is 311 g/mol. The van der Waals surface area contributed by atoms with Crippen LogP contribution >= 0.6 is 7.75 Å². The first-order valence-corrected chi connectivity index (χ1v) is 7.68. The number of rotatable bonds is 1. The Balaban J connectivity index is 0.000000315. The molecule has 0 atom stereocenters. The van der Waals surface area contributed by atoms with E-state index in [1.165, 1.54) is 11.8 Å². The van der Waals surface area contributed by atoms with Crippen molar-refractivity contribution in [2.75, 3.05) is 0 Å². The van der Waals surface area contributed by atoms with Gasteiger partial charge in [-0.1, -0.05) is 30.3 Å². The number of aromatic amines is 2. The van der Waals surface area contributed by atoms with Crippen LogP contribution in [0.2, 0.25) is 0 Å². The van der Waals surface area contributed by atoms with Crippen LogP contribution in [0.3, 0.4) is 0 Å². The molecule has 1 aromatic carbocycles. The zero-order valence-electron chi connectivity index (χ0n) is 11.9. The van der Waals surface area contributed by atoms with Gasteiger partial charge < -0.3 is 20.5 Å². The number of benzene rings is 1. The average molecular weight is 330 g/mol. The molecule has 1 heterocycles. The number of aryl methyl sites for hydroxylation is 1. The summed E-state index contributed by atoms with van der Waals surface area (Å²) >= 11 is 0. The second kappa shape index (κ2) is 9.82. The molecular formula is C12H19N4O5P. The van der Waals surface area contributed by atoms with E-state index in [1.807, 2.05) is 30.3 Å². The van der Waals surface area contributed by atoms with Crippen LogP contribution in [0.15, 0.2) is 46.1 Å². The van der Waals surface area contributed by atoms with E-state index in [0.29, 0.717) is 12.1 Å². The summed E-state index contributed by atoms with van der Waals surface area (Å²) in [6, 6.07) is 9.99. The molecule has 2 rings (SSSR count). The Morgan fingerprint density at radius 2 is 1.68 bits per heavy atom.